The Morgan fingerprint density at radius 2 is 2.21 bits per heavy atom. The van der Waals surface area contributed by atoms with Gasteiger partial charge >= 0.3 is 0 Å². The largest absolute Gasteiger partial charge is 0.380 e. The van der Waals surface area contributed by atoms with E-state index in [1.54, 1.807) is 7.11 Å². The molecule has 1 atom stereocenters. The van der Waals surface area contributed by atoms with Crippen LogP contribution in [0.15, 0.2) is 24.3 Å². The molecule has 0 unspecified atom stereocenters. The predicted molar refractivity (Wildman–Crippen MR) is 93.7 cm³/mol. The summed E-state index contributed by atoms with van der Waals surface area (Å²) in [6.07, 6.45) is 3.47. The molecule has 1 aromatic rings. The molecule has 1 fully saturated rings. The second kappa shape index (κ2) is 9.42. The molecule has 5 nitrogen and oxygen atoms in total. The van der Waals surface area contributed by atoms with Crippen LogP contribution < -0.4 is 5.32 Å². The van der Waals surface area contributed by atoms with Crippen LogP contribution in [0.1, 0.15) is 48.5 Å². The molecule has 5 heteroatoms. The van der Waals surface area contributed by atoms with E-state index in [9.17, 15) is 9.59 Å². The van der Waals surface area contributed by atoms with Crippen LogP contribution in [0.25, 0.3) is 0 Å². The number of carbonyl (C=O) groups is 2. The summed E-state index contributed by atoms with van der Waals surface area (Å²) in [5, 5.41) is 2.98. The number of amides is 2. The number of rotatable bonds is 7. The van der Waals surface area contributed by atoms with E-state index < -0.39 is 0 Å². The lowest BCUT2D eigenvalue weighted by molar-refractivity contribution is -0.121. The third-order valence-electron chi connectivity index (χ3n) is 4.36. The number of hydrogen-bond donors (Lipinski definition) is 1. The second-order valence-electron chi connectivity index (χ2n) is 6.45. The van der Waals surface area contributed by atoms with Gasteiger partial charge in [-0.1, -0.05) is 19.1 Å². The number of carbonyl (C=O) groups excluding carboxylic acids is 2. The normalized spacial score (nSPS) is 17.6. The van der Waals surface area contributed by atoms with Gasteiger partial charge < -0.3 is 15.0 Å². The highest BCUT2D eigenvalue weighted by Gasteiger charge is 2.24. The van der Waals surface area contributed by atoms with Crippen molar-refractivity contribution in [1.82, 2.24) is 10.2 Å². The molecule has 1 heterocycles. The number of nitrogens with zero attached hydrogens (tertiary/aromatic N) is 1. The summed E-state index contributed by atoms with van der Waals surface area (Å²) in [6.45, 7) is 4.66. The van der Waals surface area contributed by atoms with Crippen molar-refractivity contribution in [2.24, 2.45) is 5.92 Å². The van der Waals surface area contributed by atoms with E-state index >= 15 is 0 Å². The highest BCUT2D eigenvalue weighted by Crippen LogP contribution is 2.19. The van der Waals surface area contributed by atoms with Gasteiger partial charge in [0.05, 0.1) is 6.61 Å². The van der Waals surface area contributed by atoms with Gasteiger partial charge in [-0.25, -0.2) is 0 Å². The minimum absolute atomic E-state index is 0.0672. The molecule has 1 N–H and O–H groups in total. The minimum atomic E-state index is 0.0672. The zero-order valence-corrected chi connectivity index (χ0v) is 14.7. The Bertz CT molecular complexity index is 559. The van der Waals surface area contributed by atoms with E-state index in [2.05, 4.69) is 5.32 Å². The fourth-order valence-corrected chi connectivity index (χ4v) is 3.13. The first-order chi connectivity index (χ1) is 11.6. The highest BCUT2D eigenvalue weighted by molar-refractivity contribution is 5.94. The van der Waals surface area contributed by atoms with Crippen LogP contribution in [-0.4, -0.2) is 43.5 Å². The molecule has 0 saturated carbocycles. The minimum Gasteiger partial charge on any atom is -0.380 e. The highest BCUT2D eigenvalue weighted by atomic mass is 16.5. The number of nitrogens with one attached hydrogen (secondary N) is 1. The van der Waals surface area contributed by atoms with Gasteiger partial charge in [-0.3, -0.25) is 9.59 Å². The first-order valence-corrected chi connectivity index (χ1v) is 8.78. The van der Waals surface area contributed by atoms with E-state index in [0.717, 1.165) is 31.4 Å². The Labute approximate surface area is 144 Å². The molecular weight excluding hydrogens is 304 g/mol. The van der Waals surface area contributed by atoms with Gasteiger partial charge in [-0.2, -0.15) is 0 Å². The molecule has 0 bridgehead atoms. The lowest BCUT2D eigenvalue weighted by Gasteiger charge is -2.33. The molecule has 0 aliphatic carbocycles. The van der Waals surface area contributed by atoms with Crippen molar-refractivity contribution in [3.05, 3.63) is 35.4 Å². The first kappa shape index (κ1) is 18.5. The van der Waals surface area contributed by atoms with Crippen molar-refractivity contribution in [2.45, 2.75) is 39.2 Å². The summed E-state index contributed by atoms with van der Waals surface area (Å²) >= 11 is 0. The smallest absolute Gasteiger partial charge is 0.253 e. The van der Waals surface area contributed by atoms with E-state index in [4.69, 9.17) is 4.74 Å². The summed E-state index contributed by atoms with van der Waals surface area (Å²) < 4.78 is 5.13. The maximum Gasteiger partial charge on any atom is 0.253 e. The van der Waals surface area contributed by atoms with Crippen LogP contribution >= 0.6 is 0 Å². The predicted octanol–water partition coefficient (Wildman–Crippen LogP) is 2.60. The Morgan fingerprint density at radius 1 is 1.38 bits per heavy atom. The Hall–Kier alpha value is -1.88. The van der Waals surface area contributed by atoms with Crippen molar-refractivity contribution in [3.63, 3.8) is 0 Å². The molecule has 2 rings (SSSR count). The van der Waals surface area contributed by atoms with Crippen LogP contribution in [0.2, 0.25) is 0 Å². The molecule has 132 valence electrons. The molecule has 2 amide bonds. The number of benzene rings is 1. The molecule has 1 saturated heterocycles. The maximum atomic E-state index is 12.7. The fourth-order valence-electron chi connectivity index (χ4n) is 3.13. The molecule has 0 spiro atoms. The van der Waals surface area contributed by atoms with Crippen molar-refractivity contribution < 1.29 is 14.3 Å². The van der Waals surface area contributed by atoms with Gasteiger partial charge in [-0.05, 0) is 42.9 Å². The standard InChI is InChI=1S/C19H28N2O3/c1-3-6-18(22)20-12-16-8-5-10-21(13-16)19(23)17-9-4-7-15(11-17)14-24-2/h4,7,9,11,16H,3,5-6,8,10,12-14H2,1-2H3,(H,20,22)/t16-/m0/s1. The monoisotopic (exact) mass is 332 g/mol. The molecule has 1 aliphatic heterocycles. The quantitative estimate of drug-likeness (QED) is 0.835. The van der Waals surface area contributed by atoms with Gasteiger partial charge in [0.2, 0.25) is 5.91 Å². The van der Waals surface area contributed by atoms with Gasteiger partial charge in [0.15, 0.2) is 0 Å². The number of hydrogen-bond acceptors (Lipinski definition) is 3. The number of piperidine rings is 1. The van der Waals surface area contributed by atoms with E-state index in [0.29, 0.717) is 37.6 Å². The van der Waals surface area contributed by atoms with Crippen LogP contribution in [0.3, 0.4) is 0 Å². The van der Waals surface area contributed by atoms with Crippen LogP contribution in [0, 0.1) is 5.92 Å². The molecule has 24 heavy (non-hydrogen) atoms. The summed E-state index contributed by atoms with van der Waals surface area (Å²) in [7, 11) is 1.65. The lowest BCUT2D eigenvalue weighted by atomic mass is 9.97. The average Bonchev–Trinajstić information content (AvgIpc) is 2.60. The molecule has 0 radical (unpaired) electrons. The molecular formula is C19H28N2O3. The van der Waals surface area contributed by atoms with E-state index in [1.807, 2.05) is 36.1 Å². The fraction of sp³-hybridized carbons (Fsp3) is 0.579. The van der Waals surface area contributed by atoms with Gasteiger partial charge in [0, 0.05) is 38.7 Å². The van der Waals surface area contributed by atoms with Crippen LogP contribution in [0.5, 0.6) is 0 Å². The summed E-state index contributed by atoms with van der Waals surface area (Å²) in [5.74, 6) is 0.511. The topological polar surface area (TPSA) is 58.6 Å². The molecule has 1 aromatic carbocycles. The van der Waals surface area contributed by atoms with Crippen molar-refractivity contribution in [2.75, 3.05) is 26.7 Å². The summed E-state index contributed by atoms with van der Waals surface area (Å²) in [4.78, 5) is 26.3. The van der Waals surface area contributed by atoms with Gasteiger partial charge in [0.1, 0.15) is 0 Å². The zero-order chi connectivity index (χ0) is 17.4. The van der Waals surface area contributed by atoms with Crippen LogP contribution in [0.4, 0.5) is 0 Å². The zero-order valence-electron chi connectivity index (χ0n) is 14.7. The van der Waals surface area contributed by atoms with Gasteiger partial charge in [0.25, 0.3) is 5.91 Å². The first-order valence-electron chi connectivity index (χ1n) is 8.78. The van der Waals surface area contributed by atoms with Gasteiger partial charge in [-0.15, -0.1) is 0 Å². The average molecular weight is 332 g/mol. The van der Waals surface area contributed by atoms with E-state index in [1.165, 1.54) is 0 Å². The number of ether oxygens (including phenoxy) is 1. The summed E-state index contributed by atoms with van der Waals surface area (Å²) in [6, 6.07) is 7.61. The Balaban J connectivity index is 1.92. The van der Waals surface area contributed by atoms with E-state index in [-0.39, 0.29) is 11.8 Å². The number of methoxy groups -OCH3 is 1. The molecule has 0 aromatic heterocycles. The van der Waals surface area contributed by atoms with Crippen molar-refractivity contribution in [3.8, 4) is 0 Å². The Kier molecular flexibility index (Phi) is 7.25. The summed E-state index contributed by atoms with van der Waals surface area (Å²) in [5.41, 5.74) is 1.71. The van der Waals surface area contributed by atoms with Crippen molar-refractivity contribution in [1.29, 1.82) is 0 Å². The maximum absolute atomic E-state index is 12.7. The number of likely N-dealkylation sites (tertiary alicyclic amines) is 1. The third kappa shape index (κ3) is 5.34. The molecule has 1 aliphatic rings. The lowest BCUT2D eigenvalue weighted by Crippen LogP contribution is -2.43. The van der Waals surface area contributed by atoms with Crippen molar-refractivity contribution >= 4 is 11.8 Å². The Morgan fingerprint density at radius 3 is 2.96 bits per heavy atom. The van der Waals surface area contributed by atoms with Crippen LogP contribution in [-0.2, 0) is 16.1 Å². The third-order valence-corrected chi connectivity index (χ3v) is 4.36. The second-order valence-corrected chi connectivity index (χ2v) is 6.45. The SMILES string of the molecule is CCCC(=O)NC[C@@H]1CCCN(C(=O)c2cccc(COC)c2)C1.